The summed E-state index contributed by atoms with van der Waals surface area (Å²) in [6, 6.07) is 17.0. The van der Waals surface area contributed by atoms with Crippen LogP contribution in [0, 0.1) is 0 Å². The quantitative estimate of drug-likeness (QED) is 0.638. The first-order valence-corrected chi connectivity index (χ1v) is 10.3. The average Bonchev–Trinajstić information content (AvgIpc) is 3.33. The van der Waals surface area contributed by atoms with Gasteiger partial charge >= 0.3 is 0 Å². The molecule has 31 heavy (non-hydrogen) atoms. The van der Waals surface area contributed by atoms with Crippen LogP contribution in [0.25, 0.3) is 5.69 Å². The molecule has 2 amide bonds. The fourth-order valence-corrected chi connectivity index (χ4v) is 3.45. The Morgan fingerprint density at radius 3 is 2.42 bits per heavy atom. The third-order valence-corrected chi connectivity index (χ3v) is 5.09. The van der Waals surface area contributed by atoms with E-state index in [9.17, 15) is 9.59 Å². The van der Waals surface area contributed by atoms with Gasteiger partial charge in [0.25, 0.3) is 0 Å². The van der Waals surface area contributed by atoms with Crippen LogP contribution in [0.1, 0.15) is 12.5 Å². The van der Waals surface area contributed by atoms with Crippen LogP contribution < -0.4 is 14.8 Å². The molecule has 0 aliphatic carbocycles. The number of nitrogens with one attached hydrogen (secondary N) is 1. The topological polar surface area (TPSA) is 72.8 Å². The van der Waals surface area contributed by atoms with Gasteiger partial charge in [0.05, 0.1) is 13.0 Å². The van der Waals surface area contributed by atoms with Crippen LogP contribution in [0.5, 0.6) is 11.5 Å². The fourth-order valence-electron chi connectivity index (χ4n) is 3.45. The second-order valence-corrected chi connectivity index (χ2v) is 7.25. The lowest BCUT2D eigenvalue weighted by Crippen LogP contribution is -2.38. The van der Waals surface area contributed by atoms with Crippen molar-refractivity contribution in [3.8, 4) is 17.2 Å². The van der Waals surface area contributed by atoms with E-state index in [2.05, 4.69) is 5.32 Å². The van der Waals surface area contributed by atoms with Crippen LogP contribution >= 0.6 is 0 Å². The molecule has 0 unspecified atom stereocenters. The summed E-state index contributed by atoms with van der Waals surface area (Å²) in [5.41, 5.74) is 2.55. The number of ether oxygens (including phenoxy) is 2. The number of benzene rings is 2. The van der Waals surface area contributed by atoms with Gasteiger partial charge in [-0.05, 0) is 48.9 Å². The molecule has 7 nitrogen and oxygen atoms in total. The second-order valence-electron chi connectivity index (χ2n) is 7.25. The Labute approximate surface area is 181 Å². The monoisotopic (exact) mass is 419 g/mol. The van der Waals surface area contributed by atoms with E-state index in [0.29, 0.717) is 36.9 Å². The summed E-state index contributed by atoms with van der Waals surface area (Å²) in [5, 5.41) is 2.83. The van der Waals surface area contributed by atoms with Crippen molar-refractivity contribution in [1.82, 2.24) is 9.47 Å². The Hall–Kier alpha value is -3.74. The smallest absolute Gasteiger partial charge is 0.243 e. The molecular formula is C24H25N3O4. The number of carbonyl (C=O) groups excluding carboxylic acids is 2. The molecule has 160 valence electrons. The summed E-state index contributed by atoms with van der Waals surface area (Å²) in [7, 11) is 0. The zero-order valence-electron chi connectivity index (χ0n) is 17.4. The third kappa shape index (κ3) is 5.06. The Morgan fingerprint density at radius 1 is 1.00 bits per heavy atom. The van der Waals surface area contributed by atoms with Crippen LogP contribution in [0.3, 0.4) is 0 Å². The first-order chi connectivity index (χ1) is 15.1. The molecule has 0 spiro atoms. The molecule has 0 fully saturated rings. The van der Waals surface area contributed by atoms with E-state index in [1.165, 1.54) is 0 Å². The van der Waals surface area contributed by atoms with Gasteiger partial charge in [-0.25, -0.2) is 0 Å². The largest absolute Gasteiger partial charge is 0.486 e. The van der Waals surface area contributed by atoms with E-state index in [1.807, 2.05) is 60.3 Å². The summed E-state index contributed by atoms with van der Waals surface area (Å²) in [4.78, 5) is 26.8. The van der Waals surface area contributed by atoms with Gasteiger partial charge in [-0.1, -0.05) is 12.1 Å². The number of carbonyl (C=O) groups is 2. The van der Waals surface area contributed by atoms with Gasteiger partial charge in [-0.2, -0.15) is 0 Å². The van der Waals surface area contributed by atoms with Crippen molar-refractivity contribution < 1.29 is 19.1 Å². The lowest BCUT2D eigenvalue weighted by atomic mass is 10.1. The third-order valence-electron chi connectivity index (χ3n) is 5.09. The zero-order chi connectivity index (χ0) is 21.6. The molecular weight excluding hydrogens is 394 g/mol. The first-order valence-electron chi connectivity index (χ1n) is 10.3. The molecule has 0 bridgehead atoms. The van der Waals surface area contributed by atoms with Gasteiger partial charge in [0.2, 0.25) is 11.8 Å². The number of fused-ring (bicyclic) bond motifs is 1. The van der Waals surface area contributed by atoms with E-state index in [1.54, 1.807) is 23.1 Å². The molecule has 0 saturated carbocycles. The van der Waals surface area contributed by atoms with Crippen molar-refractivity contribution in [1.29, 1.82) is 0 Å². The maximum Gasteiger partial charge on any atom is 0.243 e. The normalized spacial score (nSPS) is 12.3. The van der Waals surface area contributed by atoms with E-state index in [-0.39, 0.29) is 24.8 Å². The number of hydrogen-bond donors (Lipinski definition) is 1. The van der Waals surface area contributed by atoms with Gasteiger partial charge in [-0.3, -0.25) is 9.59 Å². The molecule has 2 aromatic carbocycles. The van der Waals surface area contributed by atoms with E-state index in [0.717, 1.165) is 11.3 Å². The van der Waals surface area contributed by atoms with Gasteiger partial charge in [0, 0.05) is 36.4 Å². The average molecular weight is 419 g/mol. The lowest BCUT2D eigenvalue weighted by Gasteiger charge is -2.21. The molecule has 4 rings (SSSR count). The summed E-state index contributed by atoms with van der Waals surface area (Å²) in [6.07, 6.45) is 4.19. The van der Waals surface area contributed by atoms with Crippen molar-refractivity contribution in [3.63, 3.8) is 0 Å². The molecule has 1 N–H and O–H groups in total. The Morgan fingerprint density at radius 2 is 1.71 bits per heavy atom. The van der Waals surface area contributed by atoms with Crippen LogP contribution in [-0.4, -0.2) is 47.6 Å². The van der Waals surface area contributed by atoms with Crippen LogP contribution in [-0.2, 0) is 16.0 Å². The lowest BCUT2D eigenvalue weighted by molar-refractivity contribution is -0.133. The van der Waals surface area contributed by atoms with Gasteiger partial charge in [0.1, 0.15) is 13.2 Å². The summed E-state index contributed by atoms with van der Waals surface area (Å²) < 4.78 is 13.0. The van der Waals surface area contributed by atoms with Gasteiger partial charge in [-0.15, -0.1) is 0 Å². The predicted molar refractivity (Wildman–Crippen MR) is 118 cm³/mol. The molecule has 0 saturated heterocycles. The Bertz CT molecular complexity index is 1050. The molecule has 2 heterocycles. The van der Waals surface area contributed by atoms with Crippen LogP contribution in [0.4, 0.5) is 5.69 Å². The number of amides is 2. The second kappa shape index (κ2) is 9.38. The number of anilines is 1. The molecule has 1 aliphatic heterocycles. The highest BCUT2D eigenvalue weighted by molar-refractivity contribution is 5.95. The summed E-state index contributed by atoms with van der Waals surface area (Å²) in [6.45, 7) is 3.31. The molecule has 3 aromatic rings. The predicted octanol–water partition coefficient (Wildman–Crippen LogP) is 3.28. The number of hydrogen-bond acceptors (Lipinski definition) is 4. The summed E-state index contributed by atoms with van der Waals surface area (Å²) >= 11 is 0. The molecule has 0 atom stereocenters. The fraction of sp³-hybridized carbons (Fsp3) is 0.250. The van der Waals surface area contributed by atoms with Crippen LogP contribution in [0.2, 0.25) is 0 Å². The highest BCUT2D eigenvalue weighted by Gasteiger charge is 2.17. The van der Waals surface area contributed by atoms with Crippen molar-refractivity contribution in [2.24, 2.45) is 0 Å². The first kappa shape index (κ1) is 20.5. The van der Waals surface area contributed by atoms with Gasteiger partial charge in [0.15, 0.2) is 11.5 Å². The zero-order valence-corrected chi connectivity index (χ0v) is 17.4. The standard InChI is InChI=1S/C24H25N3O4/c1-2-26(17-23(28)25-19-7-10-21-22(16-19)31-14-13-30-21)24(29)15-18-5-8-20(9-6-18)27-11-3-4-12-27/h3-12,16H,2,13-15,17H2,1H3,(H,25,28). The highest BCUT2D eigenvalue weighted by atomic mass is 16.6. The maximum absolute atomic E-state index is 12.7. The van der Waals surface area contributed by atoms with Crippen molar-refractivity contribution in [3.05, 3.63) is 72.6 Å². The van der Waals surface area contributed by atoms with Gasteiger partial charge < -0.3 is 24.3 Å². The maximum atomic E-state index is 12.7. The summed E-state index contributed by atoms with van der Waals surface area (Å²) in [5.74, 6) is 0.927. The minimum atomic E-state index is -0.255. The number of rotatable bonds is 7. The van der Waals surface area contributed by atoms with E-state index in [4.69, 9.17) is 9.47 Å². The Kier molecular flexibility index (Phi) is 6.21. The van der Waals surface area contributed by atoms with Crippen molar-refractivity contribution >= 4 is 17.5 Å². The molecule has 7 heteroatoms. The highest BCUT2D eigenvalue weighted by Crippen LogP contribution is 2.32. The number of likely N-dealkylation sites (N-methyl/N-ethyl adjacent to an activating group) is 1. The minimum Gasteiger partial charge on any atom is -0.486 e. The SMILES string of the molecule is CCN(CC(=O)Nc1ccc2c(c1)OCCO2)C(=O)Cc1ccc(-n2cccc2)cc1. The van der Waals surface area contributed by atoms with E-state index >= 15 is 0 Å². The minimum absolute atomic E-state index is 0.00870. The van der Waals surface area contributed by atoms with Crippen molar-refractivity contribution in [2.75, 3.05) is 31.6 Å². The molecule has 0 radical (unpaired) electrons. The number of aromatic nitrogens is 1. The Balaban J connectivity index is 1.33. The van der Waals surface area contributed by atoms with Crippen molar-refractivity contribution in [2.45, 2.75) is 13.3 Å². The molecule has 1 aliphatic rings. The molecule has 1 aromatic heterocycles. The van der Waals surface area contributed by atoms with E-state index < -0.39 is 0 Å². The number of nitrogens with zero attached hydrogens (tertiary/aromatic N) is 2. The van der Waals surface area contributed by atoms with Crippen LogP contribution in [0.15, 0.2) is 67.0 Å².